The first-order valence-corrected chi connectivity index (χ1v) is 8.42. The monoisotopic (exact) mass is 424 g/mol. The third-order valence-electron chi connectivity index (χ3n) is 3.41. The van der Waals surface area contributed by atoms with Gasteiger partial charge in [0.1, 0.15) is 11.5 Å². The Morgan fingerprint density at radius 1 is 1.18 bits per heavy atom. The quantitative estimate of drug-likeness (QED) is 0.389. The van der Waals surface area contributed by atoms with Gasteiger partial charge in [0, 0.05) is 5.56 Å². The van der Waals surface area contributed by atoms with Crippen molar-refractivity contribution in [2.24, 2.45) is 0 Å². The average Bonchev–Trinajstić information content (AvgIpc) is 3.37. The smallest absolute Gasteiger partial charge is 0.872 e. The molecule has 0 heterocycles. The third-order valence-corrected chi connectivity index (χ3v) is 3.41. The molecule has 28 heavy (non-hydrogen) atoms. The molecule has 0 radical (unpaired) electrons. The fourth-order valence-corrected chi connectivity index (χ4v) is 2.24. The fourth-order valence-electron chi connectivity index (χ4n) is 2.24. The molecule has 2 aromatic rings. The second kappa shape index (κ2) is 12.7. The summed E-state index contributed by atoms with van der Waals surface area (Å²) in [5.74, 6) is -0.178. The Morgan fingerprint density at radius 2 is 1.86 bits per heavy atom. The number of hydrogen-bond acceptors (Lipinski definition) is 3. The molecule has 0 amide bonds. The van der Waals surface area contributed by atoms with Gasteiger partial charge in [0.2, 0.25) is 0 Å². The topological polar surface area (TPSA) is 41.5 Å². The number of benzene rings is 1. The Kier molecular flexibility index (Phi) is 10.6. The molecular formula is C21H19BF2FeO3. The summed E-state index contributed by atoms with van der Waals surface area (Å²) >= 11 is 0. The summed E-state index contributed by atoms with van der Waals surface area (Å²) in [6.45, 7) is 2.20. The summed E-state index contributed by atoms with van der Waals surface area (Å²) in [6, 6.07) is 14.2. The van der Waals surface area contributed by atoms with Crippen LogP contribution >= 0.6 is 0 Å². The number of ether oxygens (including phenoxy) is 1. The van der Waals surface area contributed by atoms with Gasteiger partial charge < -0.3 is 14.5 Å². The third kappa shape index (κ3) is 7.95. The second-order valence-corrected chi connectivity index (χ2v) is 5.35. The van der Waals surface area contributed by atoms with Crippen molar-refractivity contribution in [2.45, 2.75) is 6.92 Å². The minimum absolute atomic E-state index is 0. The Bertz CT molecular complexity index is 797. The van der Waals surface area contributed by atoms with E-state index in [1.165, 1.54) is 24.3 Å². The van der Waals surface area contributed by atoms with Gasteiger partial charge in [0.15, 0.2) is 0 Å². The molecule has 0 saturated heterocycles. The zero-order valence-corrected chi connectivity index (χ0v) is 16.3. The predicted octanol–water partition coefficient (Wildman–Crippen LogP) is 4.54. The standard InChI is InChI=1S/C16H15BF2O3.C5H5.Fe/c1-2-21-13-8-10-16(22-17(18)19)14(11-13)15(20)9-7-12-5-3-4-6-12;1-2-4-5-3-1;/h3-11,20H,2H2,1H3;1-5H;/q;-1;+2/p-1. The van der Waals surface area contributed by atoms with Gasteiger partial charge in [0.05, 0.1) is 6.61 Å². The summed E-state index contributed by atoms with van der Waals surface area (Å²) < 4.78 is 34.6. The number of rotatable bonds is 6. The molecule has 0 aromatic heterocycles. The van der Waals surface area contributed by atoms with E-state index in [9.17, 15) is 13.7 Å². The first kappa shape index (κ1) is 23.4. The van der Waals surface area contributed by atoms with E-state index in [1.807, 2.05) is 54.6 Å². The first-order chi connectivity index (χ1) is 13.1. The van der Waals surface area contributed by atoms with Gasteiger partial charge in [-0.25, -0.2) is 20.8 Å². The Hall–Kier alpha value is -2.63. The fraction of sp³-hybridized carbons (Fsp3) is 0.0952. The SMILES string of the molecule is CCOc1ccc(OB(F)F)c(C([O-])=CC=C2C=CC=C2)c1.[Fe+2].c1cc[cH-]c1. The molecule has 0 fully saturated rings. The van der Waals surface area contributed by atoms with Crippen molar-refractivity contribution in [2.75, 3.05) is 6.61 Å². The van der Waals surface area contributed by atoms with Crippen molar-refractivity contribution < 1.29 is 40.2 Å². The second-order valence-electron chi connectivity index (χ2n) is 5.35. The molecule has 0 bridgehead atoms. The molecular weight excluding hydrogens is 405 g/mol. The molecule has 7 heteroatoms. The van der Waals surface area contributed by atoms with E-state index in [2.05, 4.69) is 4.65 Å². The van der Waals surface area contributed by atoms with Crippen molar-refractivity contribution in [3.8, 4) is 11.5 Å². The van der Waals surface area contributed by atoms with Gasteiger partial charge >= 0.3 is 24.5 Å². The van der Waals surface area contributed by atoms with Gasteiger partial charge in [-0.15, -0.1) is 0 Å². The van der Waals surface area contributed by atoms with E-state index in [1.54, 1.807) is 13.0 Å². The van der Waals surface area contributed by atoms with E-state index >= 15 is 0 Å². The van der Waals surface area contributed by atoms with Gasteiger partial charge in [-0.1, -0.05) is 42.2 Å². The maximum atomic E-state index is 12.4. The average molecular weight is 424 g/mol. The van der Waals surface area contributed by atoms with Crippen molar-refractivity contribution in [1.29, 1.82) is 0 Å². The van der Waals surface area contributed by atoms with Crippen LogP contribution in [-0.4, -0.2) is 14.1 Å². The molecule has 3 nitrogen and oxygen atoms in total. The molecule has 0 atom stereocenters. The largest absolute Gasteiger partial charge is 2.00 e. The summed E-state index contributed by atoms with van der Waals surface area (Å²) in [4.78, 5) is 0. The maximum absolute atomic E-state index is 12.4. The molecule has 0 spiro atoms. The minimum atomic E-state index is -3.00. The van der Waals surface area contributed by atoms with Crippen LogP contribution in [0.2, 0.25) is 0 Å². The van der Waals surface area contributed by atoms with Gasteiger partial charge in [0.25, 0.3) is 0 Å². The molecule has 1 aliphatic carbocycles. The summed E-state index contributed by atoms with van der Waals surface area (Å²) in [7, 11) is -3.00. The van der Waals surface area contributed by atoms with Crippen LogP contribution in [0.15, 0.2) is 90.6 Å². The molecule has 3 rings (SSSR count). The molecule has 0 saturated carbocycles. The van der Waals surface area contributed by atoms with Crippen LogP contribution in [0.4, 0.5) is 8.63 Å². The number of hydrogen-bond donors (Lipinski definition) is 0. The van der Waals surface area contributed by atoms with Gasteiger partial charge in [-0.05, 0) is 30.7 Å². The summed E-state index contributed by atoms with van der Waals surface area (Å²) in [5.41, 5.74) is 0.889. The number of halogens is 2. The maximum Gasteiger partial charge on any atom is 2.00 e. The zero-order chi connectivity index (χ0) is 19.5. The van der Waals surface area contributed by atoms with Crippen molar-refractivity contribution in [3.05, 3.63) is 96.1 Å². The van der Waals surface area contributed by atoms with Crippen LogP contribution < -0.4 is 14.5 Å². The molecule has 146 valence electrons. The molecule has 1 aliphatic rings. The first-order valence-electron chi connectivity index (χ1n) is 8.42. The Morgan fingerprint density at radius 3 is 2.39 bits per heavy atom. The predicted molar refractivity (Wildman–Crippen MR) is 103 cm³/mol. The number of allylic oxidation sites excluding steroid dienone is 7. The van der Waals surface area contributed by atoms with Gasteiger partial charge in [-0.3, -0.25) is 0 Å². The molecule has 0 aliphatic heterocycles. The molecule has 0 N–H and O–H groups in total. The minimum Gasteiger partial charge on any atom is -0.872 e. The normalized spacial score (nSPS) is 12.0. The van der Waals surface area contributed by atoms with E-state index in [0.29, 0.717) is 12.4 Å². The van der Waals surface area contributed by atoms with Crippen LogP contribution in [0.3, 0.4) is 0 Å². The zero-order valence-electron chi connectivity index (χ0n) is 15.2. The summed E-state index contributed by atoms with van der Waals surface area (Å²) in [5, 5.41) is 12.2. The van der Waals surface area contributed by atoms with Crippen LogP contribution in [-0.2, 0) is 17.1 Å². The van der Waals surface area contributed by atoms with Crippen molar-refractivity contribution >= 4 is 13.2 Å². The van der Waals surface area contributed by atoms with Crippen LogP contribution in [0, 0.1) is 0 Å². The van der Waals surface area contributed by atoms with E-state index in [4.69, 9.17) is 4.74 Å². The van der Waals surface area contributed by atoms with E-state index < -0.39 is 13.2 Å². The van der Waals surface area contributed by atoms with E-state index in [-0.39, 0.29) is 28.4 Å². The van der Waals surface area contributed by atoms with Gasteiger partial charge in [-0.2, -0.15) is 18.2 Å². The van der Waals surface area contributed by atoms with E-state index in [0.717, 1.165) is 5.57 Å². The van der Waals surface area contributed by atoms with Crippen LogP contribution in [0.5, 0.6) is 11.5 Å². The van der Waals surface area contributed by atoms with Crippen molar-refractivity contribution in [3.63, 3.8) is 0 Å². The molecule has 0 unspecified atom stereocenters. The van der Waals surface area contributed by atoms with Crippen LogP contribution in [0.1, 0.15) is 12.5 Å². The van der Waals surface area contributed by atoms with Crippen LogP contribution in [0.25, 0.3) is 5.76 Å². The Balaban J connectivity index is 0.000000567. The Labute approximate surface area is 174 Å². The van der Waals surface area contributed by atoms with Crippen molar-refractivity contribution in [1.82, 2.24) is 0 Å². The molecule has 2 aromatic carbocycles. The summed E-state index contributed by atoms with van der Waals surface area (Å²) in [6.07, 6.45) is 10.3.